The van der Waals surface area contributed by atoms with E-state index in [2.05, 4.69) is 15.3 Å². The molecule has 0 aromatic carbocycles. The Bertz CT molecular complexity index is 343. The highest BCUT2D eigenvalue weighted by Gasteiger charge is 2.14. The van der Waals surface area contributed by atoms with Gasteiger partial charge in [-0.15, -0.1) is 0 Å². The molecule has 11 heavy (non-hydrogen) atoms. The molecule has 4 N–H and O–H groups in total. The summed E-state index contributed by atoms with van der Waals surface area (Å²) in [5.74, 6) is 0.192. The SMILES string of the molecule is Nc1nc2c(c(=O)[nH]1)NCC2. The number of nitrogens with one attached hydrogen (secondary N) is 2. The van der Waals surface area contributed by atoms with Crippen molar-refractivity contribution >= 4 is 11.6 Å². The summed E-state index contributed by atoms with van der Waals surface area (Å²) < 4.78 is 0. The molecule has 5 heteroatoms. The number of rotatable bonds is 0. The van der Waals surface area contributed by atoms with Crippen LogP contribution in [-0.2, 0) is 6.42 Å². The summed E-state index contributed by atoms with van der Waals surface area (Å²) in [5, 5.41) is 2.93. The van der Waals surface area contributed by atoms with Crippen molar-refractivity contribution in [1.82, 2.24) is 9.97 Å². The fraction of sp³-hybridized carbons (Fsp3) is 0.333. The van der Waals surface area contributed by atoms with Gasteiger partial charge in [0.05, 0.1) is 5.69 Å². The van der Waals surface area contributed by atoms with Crippen LogP contribution in [-0.4, -0.2) is 16.5 Å². The molecule has 0 radical (unpaired) electrons. The number of nitrogens with zero attached hydrogens (tertiary/aromatic N) is 1. The number of aromatic nitrogens is 2. The average Bonchev–Trinajstić information content (AvgIpc) is 2.34. The zero-order chi connectivity index (χ0) is 7.84. The molecule has 0 atom stereocenters. The van der Waals surface area contributed by atoms with Crippen LogP contribution in [0.15, 0.2) is 4.79 Å². The van der Waals surface area contributed by atoms with E-state index < -0.39 is 0 Å². The van der Waals surface area contributed by atoms with Crippen molar-refractivity contribution in [2.75, 3.05) is 17.6 Å². The van der Waals surface area contributed by atoms with Gasteiger partial charge in [-0.05, 0) is 0 Å². The molecule has 1 aromatic heterocycles. The normalized spacial score (nSPS) is 14.2. The maximum atomic E-state index is 11.1. The predicted octanol–water partition coefficient (Wildman–Crippen LogP) is -0.680. The Labute approximate surface area is 62.6 Å². The summed E-state index contributed by atoms with van der Waals surface area (Å²) in [6, 6.07) is 0. The van der Waals surface area contributed by atoms with Crippen molar-refractivity contribution in [3.63, 3.8) is 0 Å². The molecule has 0 amide bonds. The Morgan fingerprint density at radius 3 is 3.18 bits per heavy atom. The number of hydrogen-bond donors (Lipinski definition) is 3. The summed E-state index contributed by atoms with van der Waals surface area (Å²) in [6.45, 7) is 0.773. The van der Waals surface area contributed by atoms with Crippen LogP contribution in [0.4, 0.5) is 11.6 Å². The van der Waals surface area contributed by atoms with Gasteiger partial charge in [0.25, 0.3) is 5.56 Å². The summed E-state index contributed by atoms with van der Waals surface area (Å²) in [5.41, 5.74) is 6.50. The maximum Gasteiger partial charge on any atom is 0.275 e. The lowest BCUT2D eigenvalue weighted by atomic mass is 10.3. The molecule has 58 valence electrons. The third-order valence-electron chi connectivity index (χ3n) is 1.68. The predicted molar refractivity (Wildman–Crippen MR) is 41.5 cm³/mol. The maximum absolute atomic E-state index is 11.1. The van der Waals surface area contributed by atoms with E-state index in [1.54, 1.807) is 0 Å². The topological polar surface area (TPSA) is 83.8 Å². The van der Waals surface area contributed by atoms with Gasteiger partial charge < -0.3 is 11.1 Å². The molecular weight excluding hydrogens is 144 g/mol. The monoisotopic (exact) mass is 152 g/mol. The van der Waals surface area contributed by atoms with Crippen molar-refractivity contribution in [3.8, 4) is 0 Å². The largest absolute Gasteiger partial charge is 0.379 e. The molecule has 1 aromatic rings. The number of fused-ring (bicyclic) bond motifs is 1. The molecule has 0 saturated heterocycles. The summed E-state index contributed by atoms with van der Waals surface area (Å²) in [6.07, 6.45) is 0.781. The molecule has 0 fully saturated rings. The first-order valence-electron chi connectivity index (χ1n) is 3.40. The van der Waals surface area contributed by atoms with E-state index in [9.17, 15) is 4.79 Å². The standard InChI is InChI=1S/C6H8N4O/c7-6-9-3-1-2-8-4(3)5(11)10-6/h8H,1-2H2,(H3,7,9,10,11). The molecule has 0 unspecified atom stereocenters. The number of nitrogen functional groups attached to an aromatic ring is 1. The van der Waals surface area contributed by atoms with Crippen molar-refractivity contribution in [3.05, 3.63) is 16.0 Å². The number of anilines is 2. The molecule has 2 heterocycles. The molecule has 1 aliphatic heterocycles. The van der Waals surface area contributed by atoms with Gasteiger partial charge >= 0.3 is 0 Å². The summed E-state index contributed by atoms with van der Waals surface area (Å²) in [7, 11) is 0. The molecule has 1 aliphatic rings. The molecule has 0 saturated carbocycles. The second-order valence-electron chi connectivity index (χ2n) is 2.45. The zero-order valence-corrected chi connectivity index (χ0v) is 5.85. The lowest BCUT2D eigenvalue weighted by Gasteiger charge is -1.97. The van der Waals surface area contributed by atoms with Gasteiger partial charge in [-0.25, -0.2) is 4.98 Å². The summed E-state index contributed by atoms with van der Waals surface area (Å²) >= 11 is 0. The number of H-pyrrole nitrogens is 1. The average molecular weight is 152 g/mol. The second kappa shape index (κ2) is 1.98. The van der Waals surface area contributed by atoms with E-state index >= 15 is 0 Å². The zero-order valence-electron chi connectivity index (χ0n) is 5.85. The molecule has 0 spiro atoms. The summed E-state index contributed by atoms with van der Waals surface area (Å²) in [4.78, 5) is 17.5. The van der Waals surface area contributed by atoms with E-state index in [4.69, 9.17) is 5.73 Å². The number of nitrogens with two attached hydrogens (primary N) is 1. The van der Waals surface area contributed by atoms with Gasteiger partial charge in [0, 0.05) is 13.0 Å². The molecule has 0 aliphatic carbocycles. The van der Waals surface area contributed by atoms with E-state index in [-0.39, 0.29) is 11.5 Å². The third-order valence-corrected chi connectivity index (χ3v) is 1.68. The first-order chi connectivity index (χ1) is 5.27. The highest BCUT2D eigenvalue weighted by molar-refractivity contribution is 5.51. The molecular formula is C6H8N4O. The van der Waals surface area contributed by atoms with E-state index in [1.165, 1.54) is 0 Å². The van der Waals surface area contributed by atoms with E-state index in [0.717, 1.165) is 18.7 Å². The molecule has 2 rings (SSSR count). The Kier molecular flexibility index (Phi) is 1.12. The third kappa shape index (κ3) is 0.849. The quantitative estimate of drug-likeness (QED) is 0.460. The van der Waals surface area contributed by atoms with Crippen LogP contribution in [0.25, 0.3) is 0 Å². The van der Waals surface area contributed by atoms with Crippen LogP contribution in [0.1, 0.15) is 5.69 Å². The fourth-order valence-corrected chi connectivity index (χ4v) is 1.21. The highest BCUT2D eigenvalue weighted by Crippen LogP contribution is 2.13. The minimum absolute atomic E-state index is 0.176. The van der Waals surface area contributed by atoms with Gasteiger partial charge in [0.15, 0.2) is 0 Å². The van der Waals surface area contributed by atoms with Crippen LogP contribution < -0.4 is 16.6 Å². The van der Waals surface area contributed by atoms with Gasteiger partial charge in [0.1, 0.15) is 5.69 Å². The van der Waals surface area contributed by atoms with Crippen molar-refractivity contribution in [1.29, 1.82) is 0 Å². The Morgan fingerprint density at radius 1 is 1.55 bits per heavy atom. The van der Waals surface area contributed by atoms with Crippen LogP contribution in [0.5, 0.6) is 0 Å². The van der Waals surface area contributed by atoms with Gasteiger partial charge in [0.2, 0.25) is 5.95 Å². The second-order valence-corrected chi connectivity index (χ2v) is 2.45. The smallest absolute Gasteiger partial charge is 0.275 e. The van der Waals surface area contributed by atoms with Crippen LogP contribution in [0.3, 0.4) is 0 Å². The van der Waals surface area contributed by atoms with Crippen molar-refractivity contribution in [2.24, 2.45) is 0 Å². The first-order valence-corrected chi connectivity index (χ1v) is 3.40. The van der Waals surface area contributed by atoms with E-state index in [1.807, 2.05) is 0 Å². The fourth-order valence-electron chi connectivity index (χ4n) is 1.21. The van der Waals surface area contributed by atoms with Crippen molar-refractivity contribution in [2.45, 2.75) is 6.42 Å². The van der Waals surface area contributed by atoms with Crippen molar-refractivity contribution < 1.29 is 0 Å². The number of hydrogen-bond acceptors (Lipinski definition) is 4. The Morgan fingerprint density at radius 2 is 2.36 bits per heavy atom. The minimum atomic E-state index is -0.176. The van der Waals surface area contributed by atoms with Gasteiger partial charge in [-0.1, -0.05) is 0 Å². The highest BCUT2D eigenvalue weighted by atomic mass is 16.1. The molecule has 0 bridgehead atoms. The van der Waals surface area contributed by atoms with Crippen LogP contribution >= 0.6 is 0 Å². The lowest BCUT2D eigenvalue weighted by molar-refractivity contribution is 1.02. The lowest BCUT2D eigenvalue weighted by Crippen LogP contribution is -2.14. The number of aromatic amines is 1. The Hall–Kier alpha value is -1.52. The molecule has 5 nitrogen and oxygen atoms in total. The Balaban J connectivity index is 2.70. The minimum Gasteiger partial charge on any atom is -0.379 e. The van der Waals surface area contributed by atoms with Gasteiger partial charge in [-0.3, -0.25) is 9.78 Å². The first kappa shape index (κ1) is 6.21. The van der Waals surface area contributed by atoms with Crippen LogP contribution in [0, 0.1) is 0 Å². The van der Waals surface area contributed by atoms with E-state index in [0.29, 0.717) is 5.69 Å². The van der Waals surface area contributed by atoms with Crippen LogP contribution in [0.2, 0.25) is 0 Å². The van der Waals surface area contributed by atoms with Gasteiger partial charge in [-0.2, -0.15) is 0 Å².